The minimum Gasteiger partial charge on any atom is -0.368 e. The van der Waals surface area contributed by atoms with Gasteiger partial charge in [-0.05, 0) is 66.8 Å². The van der Waals surface area contributed by atoms with Crippen LogP contribution >= 0.6 is 0 Å². The summed E-state index contributed by atoms with van der Waals surface area (Å²) in [6, 6.07) is 22.0. The number of nitrogens with zero attached hydrogens (tertiary/aromatic N) is 3. The quantitative estimate of drug-likeness (QED) is 0.455. The number of hydrogen-bond donors (Lipinski definition) is 0. The number of sulfonamides is 1. The van der Waals surface area contributed by atoms with E-state index in [1.807, 2.05) is 12.1 Å². The van der Waals surface area contributed by atoms with Gasteiger partial charge in [-0.25, -0.2) is 8.42 Å². The summed E-state index contributed by atoms with van der Waals surface area (Å²) in [5, 5.41) is 0. The van der Waals surface area contributed by atoms with Crippen LogP contribution in [0.1, 0.15) is 36.5 Å². The standard InChI is InChI=1S/C29H35N3O3S/c1-22(2)25-13-15-26(16-14-25)32(36(34,35)27-10-6-5-7-11-27)21-29(33)31-19-17-30(18-20-31)28-12-8-9-23(3)24(28)4/h5-16,22H,17-21H2,1-4H3. The van der Waals surface area contributed by atoms with Crippen LogP contribution in [0.5, 0.6) is 0 Å². The molecular weight excluding hydrogens is 470 g/mol. The first kappa shape index (κ1) is 25.8. The van der Waals surface area contributed by atoms with Gasteiger partial charge in [-0.1, -0.05) is 56.3 Å². The minimum absolute atomic E-state index is 0.172. The fourth-order valence-corrected chi connectivity index (χ4v) is 5.99. The fraction of sp³-hybridized carbons (Fsp3) is 0.345. The maximum Gasteiger partial charge on any atom is 0.264 e. The number of anilines is 2. The predicted octanol–water partition coefficient (Wildman–Crippen LogP) is 4.97. The molecule has 3 aromatic rings. The Bertz CT molecular complexity index is 1300. The molecule has 190 valence electrons. The predicted molar refractivity (Wildman–Crippen MR) is 146 cm³/mol. The van der Waals surface area contributed by atoms with E-state index in [4.69, 9.17) is 0 Å². The summed E-state index contributed by atoms with van der Waals surface area (Å²) in [5.41, 5.74) is 5.30. The van der Waals surface area contributed by atoms with Crippen molar-refractivity contribution in [3.05, 3.63) is 89.5 Å². The lowest BCUT2D eigenvalue weighted by atomic mass is 10.0. The van der Waals surface area contributed by atoms with Crippen molar-refractivity contribution in [2.75, 3.05) is 41.9 Å². The summed E-state index contributed by atoms with van der Waals surface area (Å²) in [4.78, 5) is 17.6. The summed E-state index contributed by atoms with van der Waals surface area (Å²) in [5.74, 6) is 0.135. The van der Waals surface area contributed by atoms with Gasteiger partial charge in [0.15, 0.2) is 0 Å². The number of rotatable bonds is 7. The van der Waals surface area contributed by atoms with Crippen LogP contribution in [0, 0.1) is 13.8 Å². The highest BCUT2D eigenvalue weighted by molar-refractivity contribution is 7.92. The van der Waals surface area contributed by atoms with Crippen LogP contribution in [-0.2, 0) is 14.8 Å². The Morgan fingerprint density at radius 2 is 1.50 bits per heavy atom. The third-order valence-corrected chi connectivity index (χ3v) is 8.79. The molecule has 6 nitrogen and oxygen atoms in total. The Morgan fingerprint density at radius 3 is 2.11 bits per heavy atom. The van der Waals surface area contributed by atoms with Gasteiger partial charge in [0.25, 0.3) is 10.0 Å². The Kier molecular flexibility index (Phi) is 7.69. The number of amides is 1. The summed E-state index contributed by atoms with van der Waals surface area (Å²) in [6.45, 7) is 10.7. The first-order valence-corrected chi connectivity index (χ1v) is 13.9. The van der Waals surface area contributed by atoms with Gasteiger partial charge in [-0.2, -0.15) is 0 Å². The number of benzene rings is 3. The second kappa shape index (κ2) is 10.7. The van der Waals surface area contributed by atoms with Crippen molar-refractivity contribution in [3.8, 4) is 0 Å². The van der Waals surface area contributed by atoms with Crippen molar-refractivity contribution in [3.63, 3.8) is 0 Å². The molecule has 3 aromatic carbocycles. The smallest absolute Gasteiger partial charge is 0.264 e. The Balaban J connectivity index is 1.54. The maximum atomic E-state index is 13.6. The van der Waals surface area contributed by atoms with E-state index in [-0.39, 0.29) is 17.3 Å². The summed E-state index contributed by atoms with van der Waals surface area (Å²) >= 11 is 0. The molecule has 1 amide bonds. The van der Waals surface area contributed by atoms with Gasteiger partial charge in [0, 0.05) is 31.9 Å². The van der Waals surface area contributed by atoms with Crippen LogP contribution in [-0.4, -0.2) is 51.9 Å². The third-order valence-electron chi connectivity index (χ3n) is 7.01. The maximum absolute atomic E-state index is 13.6. The van der Waals surface area contributed by atoms with E-state index >= 15 is 0 Å². The van der Waals surface area contributed by atoms with Gasteiger partial charge >= 0.3 is 0 Å². The molecule has 0 N–H and O–H groups in total. The molecule has 4 rings (SSSR count). The van der Waals surface area contributed by atoms with Crippen molar-refractivity contribution in [2.45, 2.75) is 38.5 Å². The van der Waals surface area contributed by atoms with Crippen molar-refractivity contribution >= 4 is 27.3 Å². The second-order valence-corrected chi connectivity index (χ2v) is 11.5. The summed E-state index contributed by atoms with van der Waals surface area (Å²) in [6.07, 6.45) is 0. The third kappa shape index (κ3) is 5.41. The van der Waals surface area contributed by atoms with Crippen LogP contribution < -0.4 is 9.21 Å². The van der Waals surface area contributed by atoms with E-state index in [0.29, 0.717) is 37.8 Å². The summed E-state index contributed by atoms with van der Waals surface area (Å²) < 4.78 is 28.5. The first-order valence-electron chi connectivity index (χ1n) is 12.4. The molecular formula is C29H35N3O3S. The van der Waals surface area contributed by atoms with Crippen molar-refractivity contribution in [1.82, 2.24) is 4.90 Å². The van der Waals surface area contributed by atoms with Crippen LogP contribution in [0.15, 0.2) is 77.7 Å². The number of carbonyl (C=O) groups is 1. The second-order valence-electron chi connectivity index (χ2n) is 9.66. The summed E-state index contributed by atoms with van der Waals surface area (Å²) in [7, 11) is -3.91. The molecule has 1 aliphatic rings. The minimum atomic E-state index is -3.91. The SMILES string of the molecule is Cc1cccc(N2CCN(C(=O)CN(c3ccc(C(C)C)cc3)S(=O)(=O)c3ccccc3)CC2)c1C. The van der Waals surface area contributed by atoms with Gasteiger partial charge in [0.2, 0.25) is 5.91 Å². The normalized spacial score (nSPS) is 14.2. The molecule has 1 fully saturated rings. The van der Waals surface area contributed by atoms with Gasteiger partial charge in [0.1, 0.15) is 6.54 Å². The highest BCUT2D eigenvalue weighted by Crippen LogP contribution is 2.27. The molecule has 0 spiro atoms. The first-order chi connectivity index (χ1) is 17.2. The number of aryl methyl sites for hydroxylation is 1. The molecule has 7 heteroatoms. The fourth-order valence-electron chi connectivity index (χ4n) is 4.56. The molecule has 0 unspecified atom stereocenters. The zero-order valence-corrected chi connectivity index (χ0v) is 22.3. The zero-order valence-electron chi connectivity index (χ0n) is 21.5. The Hall–Kier alpha value is -3.32. The van der Waals surface area contributed by atoms with Gasteiger partial charge in [0.05, 0.1) is 10.6 Å². The van der Waals surface area contributed by atoms with E-state index in [2.05, 4.69) is 50.8 Å². The lowest BCUT2D eigenvalue weighted by molar-refractivity contribution is -0.129. The van der Waals surface area contributed by atoms with E-state index in [1.165, 1.54) is 21.1 Å². The Morgan fingerprint density at radius 1 is 0.861 bits per heavy atom. The topological polar surface area (TPSA) is 60.9 Å². The van der Waals surface area contributed by atoms with E-state index in [9.17, 15) is 13.2 Å². The van der Waals surface area contributed by atoms with Gasteiger partial charge < -0.3 is 9.80 Å². The highest BCUT2D eigenvalue weighted by atomic mass is 32.2. The molecule has 36 heavy (non-hydrogen) atoms. The average Bonchev–Trinajstić information content (AvgIpc) is 2.89. The molecule has 0 bridgehead atoms. The van der Waals surface area contributed by atoms with Crippen LogP contribution in [0.4, 0.5) is 11.4 Å². The Labute approximate surface area is 215 Å². The van der Waals surface area contributed by atoms with E-state index in [0.717, 1.165) is 5.56 Å². The molecule has 0 aromatic heterocycles. The number of hydrogen-bond acceptors (Lipinski definition) is 4. The lowest BCUT2D eigenvalue weighted by Crippen LogP contribution is -2.52. The molecule has 1 saturated heterocycles. The monoisotopic (exact) mass is 505 g/mol. The largest absolute Gasteiger partial charge is 0.368 e. The van der Waals surface area contributed by atoms with Crippen molar-refractivity contribution in [2.24, 2.45) is 0 Å². The lowest BCUT2D eigenvalue weighted by Gasteiger charge is -2.38. The molecule has 0 aliphatic carbocycles. The zero-order chi connectivity index (χ0) is 25.9. The average molecular weight is 506 g/mol. The van der Waals surface area contributed by atoms with E-state index in [1.54, 1.807) is 47.4 Å². The van der Waals surface area contributed by atoms with Crippen LogP contribution in [0.3, 0.4) is 0 Å². The van der Waals surface area contributed by atoms with Crippen LogP contribution in [0.2, 0.25) is 0 Å². The van der Waals surface area contributed by atoms with Gasteiger partial charge in [-0.15, -0.1) is 0 Å². The van der Waals surface area contributed by atoms with Crippen LogP contribution in [0.25, 0.3) is 0 Å². The van der Waals surface area contributed by atoms with E-state index < -0.39 is 10.0 Å². The van der Waals surface area contributed by atoms with Crippen molar-refractivity contribution < 1.29 is 13.2 Å². The number of piperazine rings is 1. The molecule has 1 heterocycles. The molecule has 1 aliphatic heterocycles. The molecule has 0 atom stereocenters. The molecule has 0 radical (unpaired) electrons. The highest BCUT2D eigenvalue weighted by Gasteiger charge is 2.30. The number of carbonyl (C=O) groups excluding carboxylic acids is 1. The van der Waals surface area contributed by atoms with Crippen molar-refractivity contribution in [1.29, 1.82) is 0 Å². The van der Waals surface area contributed by atoms with Gasteiger partial charge in [-0.3, -0.25) is 9.10 Å². The molecule has 0 saturated carbocycles.